The van der Waals surface area contributed by atoms with E-state index in [-0.39, 0.29) is 16.7 Å². The highest BCUT2D eigenvalue weighted by Gasteiger charge is 2.18. The van der Waals surface area contributed by atoms with Gasteiger partial charge in [-0.1, -0.05) is 24.3 Å². The number of oxazole rings is 1. The summed E-state index contributed by atoms with van der Waals surface area (Å²) >= 11 is 5.28. The molecule has 2 aromatic heterocycles. The molecule has 0 saturated heterocycles. The molecule has 3 aromatic carbocycles. The first kappa shape index (κ1) is 19.9. The van der Waals surface area contributed by atoms with Gasteiger partial charge in [-0.25, -0.2) is 9.37 Å². The van der Waals surface area contributed by atoms with Gasteiger partial charge in [0.2, 0.25) is 5.89 Å². The summed E-state index contributed by atoms with van der Waals surface area (Å²) in [4.78, 5) is 17.1. The van der Waals surface area contributed by atoms with Crippen LogP contribution in [0.1, 0.15) is 16.1 Å². The minimum atomic E-state index is -0.438. The molecule has 0 aliphatic heterocycles. The average Bonchev–Trinajstić information content (AvgIpc) is 3.35. The second kappa shape index (κ2) is 7.90. The molecule has 8 heteroatoms. The third kappa shape index (κ3) is 3.72. The minimum Gasteiger partial charge on any atom is -0.451 e. The molecule has 0 saturated carbocycles. The van der Waals surface area contributed by atoms with E-state index in [1.54, 1.807) is 36.4 Å². The number of thiocarbonyl (C=S) groups is 1. The number of carbonyl (C=O) groups excluding carboxylic acids is 1. The van der Waals surface area contributed by atoms with Crippen LogP contribution >= 0.6 is 12.2 Å². The van der Waals surface area contributed by atoms with Crippen LogP contribution in [0, 0.1) is 12.7 Å². The van der Waals surface area contributed by atoms with Gasteiger partial charge in [0.15, 0.2) is 16.5 Å². The number of aromatic nitrogens is 1. The number of halogens is 1. The Labute approximate surface area is 187 Å². The second-order valence-corrected chi connectivity index (χ2v) is 7.58. The predicted molar refractivity (Wildman–Crippen MR) is 124 cm³/mol. The van der Waals surface area contributed by atoms with E-state index in [2.05, 4.69) is 15.6 Å². The average molecular weight is 445 g/mol. The SMILES string of the molecule is Cc1c(C(=O)NC(=S)Nc2ccc3oc(-c4cccc(F)c4)nc3c2)oc2ccccc12. The highest BCUT2D eigenvalue weighted by Crippen LogP contribution is 2.27. The molecule has 5 rings (SSSR count). The molecule has 1 amide bonds. The van der Waals surface area contributed by atoms with E-state index in [1.165, 1.54) is 12.1 Å². The van der Waals surface area contributed by atoms with Gasteiger partial charge in [-0.05, 0) is 61.6 Å². The van der Waals surface area contributed by atoms with Crippen LogP contribution in [0.2, 0.25) is 0 Å². The molecule has 0 bridgehead atoms. The van der Waals surface area contributed by atoms with Crippen LogP contribution in [0.25, 0.3) is 33.5 Å². The number of aryl methyl sites for hydroxylation is 1. The third-order valence-electron chi connectivity index (χ3n) is 4.99. The van der Waals surface area contributed by atoms with Gasteiger partial charge in [0.25, 0.3) is 5.91 Å². The van der Waals surface area contributed by atoms with Crippen molar-refractivity contribution in [2.24, 2.45) is 0 Å². The third-order valence-corrected chi connectivity index (χ3v) is 5.20. The van der Waals surface area contributed by atoms with Gasteiger partial charge in [0, 0.05) is 22.2 Å². The Morgan fingerprint density at radius 3 is 2.66 bits per heavy atom. The van der Waals surface area contributed by atoms with Crippen molar-refractivity contribution in [2.75, 3.05) is 5.32 Å². The summed E-state index contributed by atoms with van der Waals surface area (Å²) in [6.07, 6.45) is 0. The lowest BCUT2D eigenvalue weighted by Crippen LogP contribution is -2.34. The van der Waals surface area contributed by atoms with Gasteiger partial charge < -0.3 is 14.2 Å². The zero-order valence-corrected chi connectivity index (χ0v) is 17.6. The molecule has 6 nitrogen and oxygen atoms in total. The molecule has 2 heterocycles. The van der Waals surface area contributed by atoms with Crippen molar-refractivity contribution in [1.82, 2.24) is 10.3 Å². The number of anilines is 1. The van der Waals surface area contributed by atoms with E-state index in [4.69, 9.17) is 21.1 Å². The molecule has 0 radical (unpaired) electrons. The summed E-state index contributed by atoms with van der Waals surface area (Å²) in [5.74, 6) is -0.282. The Hall–Kier alpha value is -4.04. The first-order chi connectivity index (χ1) is 15.5. The second-order valence-electron chi connectivity index (χ2n) is 7.17. The maximum atomic E-state index is 13.5. The van der Waals surface area contributed by atoms with E-state index in [1.807, 2.05) is 25.1 Å². The number of rotatable bonds is 3. The molecule has 0 aliphatic rings. The fraction of sp³-hybridized carbons (Fsp3) is 0.0417. The van der Waals surface area contributed by atoms with Crippen molar-refractivity contribution in [3.8, 4) is 11.5 Å². The van der Waals surface area contributed by atoms with Crippen molar-refractivity contribution in [3.05, 3.63) is 83.9 Å². The number of amides is 1. The number of fused-ring (bicyclic) bond motifs is 2. The molecule has 0 aliphatic carbocycles. The number of furan rings is 1. The summed E-state index contributed by atoms with van der Waals surface area (Å²) in [6, 6.07) is 18.7. The number of nitrogens with one attached hydrogen (secondary N) is 2. The van der Waals surface area contributed by atoms with Crippen molar-refractivity contribution in [2.45, 2.75) is 6.92 Å². The Bertz CT molecular complexity index is 1510. The van der Waals surface area contributed by atoms with Gasteiger partial charge in [0.05, 0.1) is 0 Å². The normalized spacial score (nSPS) is 11.1. The van der Waals surface area contributed by atoms with Crippen LogP contribution in [-0.2, 0) is 0 Å². The number of nitrogens with zero attached hydrogens (tertiary/aromatic N) is 1. The lowest BCUT2D eigenvalue weighted by atomic mass is 10.1. The van der Waals surface area contributed by atoms with Crippen molar-refractivity contribution < 1.29 is 18.0 Å². The zero-order chi connectivity index (χ0) is 22.2. The fourth-order valence-electron chi connectivity index (χ4n) is 3.46. The Balaban J connectivity index is 1.33. The van der Waals surface area contributed by atoms with E-state index >= 15 is 0 Å². The van der Waals surface area contributed by atoms with Gasteiger partial charge in [-0.2, -0.15) is 0 Å². The molecule has 2 N–H and O–H groups in total. The number of hydrogen-bond donors (Lipinski definition) is 2. The first-order valence-electron chi connectivity index (χ1n) is 9.75. The lowest BCUT2D eigenvalue weighted by molar-refractivity contribution is 0.0952. The highest BCUT2D eigenvalue weighted by atomic mass is 32.1. The summed E-state index contributed by atoms with van der Waals surface area (Å²) < 4.78 is 24.9. The Kier molecular flexibility index (Phi) is 4.91. The predicted octanol–water partition coefficient (Wildman–Crippen LogP) is 5.82. The number of benzene rings is 3. The van der Waals surface area contributed by atoms with Crippen LogP contribution in [-0.4, -0.2) is 16.0 Å². The van der Waals surface area contributed by atoms with Crippen LogP contribution in [0.15, 0.2) is 75.6 Å². The van der Waals surface area contributed by atoms with E-state index in [0.29, 0.717) is 33.8 Å². The van der Waals surface area contributed by atoms with Crippen LogP contribution < -0.4 is 10.6 Å². The van der Waals surface area contributed by atoms with Gasteiger partial charge in [0.1, 0.15) is 16.9 Å². The van der Waals surface area contributed by atoms with Crippen LogP contribution in [0.4, 0.5) is 10.1 Å². The van der Waals surface area contributed by atoms with Crippen molar-refractivity contribution in [1.29, 1.82) is 0 Å². The molecule has 158 valence electrons. The topological polar surface area (TPSA) is 80.3 Å². The van der Waals surface area contributed by atoms with Crippen molar-refractivity contribution >= 4 is 51.0 Å². The monoisotopic (exact) mass is 445 g/mol. The smallest absolute Gasteiger partial charge is 0.293 e. The minimum absolute atomic E-state index is 0.114. The molecule has 0 spiro atoms. The van der Waals surface area contributed by atoms with Gasteiger partial charge in [-0.15, -0.1) is 0 Å². The highest BCUT2D eigenvalue weighted by molar-refractivity contribution is 7.80. The largest absolute Gasteiger partial charge is 0.451 e. The molecular formula is C24H16FN3O3S. The summed E-state index contributed by atoms with van der Waals surface area (Å²) in [5.41, 5.74) is 3.65. The van der Waals surface area contributed by atoms with E-state index < -0.39 is 5.91 Å². The maximum absolute atomic E-state index is 13.5. The molecule has 0 unspecified atom stereocenters. The van der Waals surface area contributed by atoms with Gasteiger partial charge in [-0.3, -0.25) is 10.1 Å². The molecular weight excluding hydrogens is 429 g/mol. The zero-order valence-electron chi connectivity index (χ0n) is 16.8. The first-order valence-corrected chi connectivity index (χ1v) is 10.2. The van der Waals surface area contributed by atoms with Gasteiger partial charge >= 0.3 is 0 Å². The van der Waals surface area contributed by atoms with Crippen LogP contribution in [0.5, 0.6) is 0 Å². The summed E-state index contributed by atoms with van der Waals surface area (Å²) in [7, 11) is 0. The molecule has 32 heavy (non-hydrogen) atoms. The maximum Gasteiger partial charge on any atom is 0.293 e. The van der Waals surface area contributed by atoms with Crippen molar-refractivity contribution in [3.63, 3.8) is 0 Å². The molecule has 0 fully saturated rings. The Morgan fingerprint density at radius 2 is 1.84 bits per heavy atom. The fourth-order valence-corrected chi connectivity index (χ4v) is 3.67. The lowest BCUT2D eigenvalue weighted by Gasteiger charge is -2.08. The number of hydrogen-bond acceptors (Lipinski definition) is 5. The standard InChI is InChI=1S/C24H16FN3O3S/c1-13-17-7-2-3-8-19(17)30-21(13)22(29)28-24(32)26-16-9-10-20-18(12-16)27-23(31-20)14-5-4-6-15(25)11-14/h2-12H,1H3,(H2,26,28,29,32). The van der Waals surface area contributed by atoms with E-state index in [9.17, 15) is 9.18 Å². The summed E-state index contributed by atoms with van der Waals surface area (Å²) in [6.45, 7) is 1.83. The summed E-state index contributed by atoms with van der Waals surface area (Å²) in [5, 5.41) is 6.59. The number of para-hydroxylation sites is 1. The quantitative estimate of drug-likeness (QED) is 0.341. The number of carbonyl (C=O) groups is 1. The van der Waals surface area contributed by atoms with Crippen LogP contribution in [0.3, 0.4) is 0 Å². The molecule has 5 aromatic rings. The Morgan fingerprint density at radius 1 is 1.00 bits per heavy atom. The molecule has 0 atom stereocenters. The van der Waals surface area contributed by atoms with E-state index in [0.717, 1.165) is 10.9 Å².